The van der Waals surface area contributed by atoms with Crippen molar-refractivity contribution >= 4 is 22.5 Å². The Morgan fingerprint density at radius 3 is 2.38 bits per heavy atom. The minimum atomic E-state index is -0.393. The number of hydrogen-bond donors (Lipinski definition) is 0. The van der Waals surface area contributed by atoms with Crippen LogP contribution in [0.4, 0.5) is 0 Å². The van der Waals surface area contributed by atoms with Gasteiger partial charge in [0.2, 0.25) is 0 Å². The topological polar surface area (TPSA) is 56.3 Å². The number of furan rings is 1. The lowest BCUT2D eigenvalue weighted by atomic mass is 10.0. The molecule has 126 valence electrons. The molecular formula is C22H15NO3. The van der Waals surface area contributed by atoms with Gasteiger partial charge < -0.3 is 4.42 Å². The molecule has 0 unspecified atom stereocenters. The molecule has 26 heavy (non-hydrogen) atoms. The normalized spacial score (nSPS) is 11.6. The van der Waals surface area contributed by atoms with Crippen LogP contribution < -0.4 is 0 Å². The van der Waals surface area contributed by atoms with Crippen LogP contribution >= 0.6 is 0 Å². The number of benzene rings is 3. The SMILES string of the molecule is O=[N+]([O-])/C(=C\c1ccc(-c2cccc3ccccc23)o1)c1ccccc1. The highest BCUT2D eigenvalue weighted by molar-refractivity contribution is 5.95. The van der Waals surface area contributed by atoms with Crippen LogP contribution in [-0.2, 0) is 0 Å². The lowest BCUT2D eigenvalue weighted by Crippen LogP contribution is -1.97. The minimum absolute atomic E-state index is 0.00409. The first kappa shape index (κ1) is 15.8. The molecule has 0 N–H and O–H groups in total. The van der Waals surface area contributed by atoms with Crippen LogP contribution in [0.15, 0.2) is 89.3 Å². The van der Waals surface area contributed by atoms with Gasteiger partial charge in [0, 0.05) is 5.56 Å². The lowest BCUT2D eigenvalue weighted by Gasteiger charge is -2.03. The van der Waals surface area contributed by atoms with Gasteiger partial charge >= 0.3 is 0 Å². The molecule has 4 heteroatoms. The van der Waals surface area contributed by atoms with E-state index in [2.05, 4.69) is 0 Å². The second-order valence-electron chi connectivity index (χ2n) is 5.88. The number of nitrogens with zero attached hydrogens (tertiary/aromatic N) is 1. The zero-order chi connectivity index (χ0) is 17.9. The predicted molar refractivity (Wildman–Crippen MR) is 103 cm³/mol. The van der Waals surface area contributed by atoms with E-state index in [1.165, 1.54) is 6.08 Å². The van der Waals surface area contributed by atoms with Crippen LogP contribution in [0.5, 0.6) is 0 Å². The third-order valence-electron chi connectivity index (χ3n) is 4.23. The van der Waals surface area contributed by atoms with Gasteiger partial charge in [-0.15, -0.1) is 0 Å². The highest BCUT2D eigenvalue weighted by Crippen LogP contribution is 2.31. The van der Waals surface area contributed by atoms with Gasteiger partial charge in [-0.3, -0.25) is 10.1 Å². The third kappa shape index (κ3) is 3.00. The van der Waals surface area contributed by atoms with E-state index in [9.17, 15) is 10.1 Å². The Balaban J connectivity index is 1.77. The van der Waals surface area contributed by atoms with Gasteiger partial charge in [-0.2, -0.15) is 0 Å². The quantitative estimate of drug-likeness (QED) is 0.344. The van der Waals surface area contributed by atoms with Crippen molar-refractivity contribution in [3.05, 3.63) is 106 Å². The molecule has 0 saturated carbocycles. The van der Waals surface area contributed by atoms with Crippen molar-refractivity contribution in [2.24, 2.45) is 0 Å². The summed E-state index contributed by atoms with van der Waals surface area (Å²) in [6, 6.07) is 26.5. The van der Waals surface area contributed by atoms with Crippen molar-refractivity contribution in [3.8, 4) is 11.3 Å². The average Bonchev–Trinajstić information content (AvgIpc) is 3.14. The maximum atomic E-state index is 11.5. The number of fused-ring (bicyclic) bond motifs is 1. The molecule has 0 radical (unpaired) electrons. The molecule has 1 aromatic heterocycles. The molecule has 0 aliphatic rings. The summed E-state index contributed by atoms with van der Waals surface area (Å²) < 4.78 is 5.90. The molecule has 0 fully saturated rings. The average molecular weight is 341 g/mol. The molecule has 1 heterocycles. The molecule has 0 saturated heterocycles. The van der Waals surface area contributed by atoms with Gasteiger partial charge in [0.1, 0.15) is 11.5 Å². The highest BCUT2D eigenvalue weighted by Gasteiger charge is 2.15. The van der Waals surface area contributed by atoms with Gasteiger partial charge in [-0.25, -0.2) is 0 Å². The number of rotatable bonds is 4. The zero-order valence-electron chi connectivity index (χ0n) is 13.8. The second kappa shape index (κ2) is 6.69. The molecule has 0 aliphatic carbocycles. The first-order valence-corrected chi connectivity index (χ1v) is 8.22. The van der Waals surface area contributed by atoms with Crippen molar-refractivity contribution in [3.63, 3.8) is 0 Å². The fraction of sp³-hybridized carbons (Fsp3) is 0. The Labute approximate surface area is 150 Å². The van der Waals surface area contributed by atoms with Crippen molar-refractivity contribution in [1.82, 2.24) is 0 Å². The van der Waals surface area contributed by atoms with Crippen LogP contribution in [0.25, 0.3) is 33.9 Å². The van der Waals surface area contributed by atoms with E-state index in [1.54, 1.807) is 30.3 Å². The first-order valence-electron chi connectivity index (χ1n) is 8.22. The zero-order valence-corrected chi connectivity index (χ0v) is 13.8. The smallest absolute Gasteiger partial charge is 0.280 e. The molecule has 0 bridgehead atoms. The first-order chi connectivity index (χ1) is 12.7. The molecule has 4 aromatic rings. The Kier molecular flexibility index (Phi) is 4.07. The second-order valence-corrected chi connectivity index (χ2v) is 5.88. The van der Waals surface area contributed by atoms with Crippen LogP contribution in [0.1, 0.15) is 11.3 Å². The van der Waals surface area contributed by atoms with E-state index in [0.29, 0.717) is 17.1 Å². The van der Waals surface area contributed by atoms with Crippen LogP contribution in [0, 0.1) is 10.1 Å². The van der Waals surface area contributed by atoms with Crippen molar-refractivity contribution in [2.45, 2.75) is 0 Å². The van der Waals surface area contributed by atoms with Crippen molar-refractivity contribution in [1.29, 1.82) is 0 Å². The third-order valence-corrected chi connectivity index (χ3v) is 4.23. The van der Waals surface area contributed by atoms with Crippen LogP contribution in [0.2, 0.25) is 0 Å². The molecule has 0 atom stereocenters. The lowest BCUT2D eigenvalue weighted by molar-refractivity contribution is -0.374. The maximum Gasteiger partial charge on any atom is 0.280 e. The van der Waals surface area contributed by atoms with Crippen LogP contribution in [-0.4, -0.2) is 4.92 Å². The van der Waals surface area contributed by atoms with Crippen molar-refractivity contribution in [2.75, 3.05) is 0 Å². The number of nitro groups is 1. The summed E-state index contributed by atoms with van der Waals surface area (Å²) in [4.78, 5) is 11.1. The van der Waals surface area contributed by atoms with Gasteiger partial charge in [-0.05, 0) is 35.0 Å². The summed E-state index contributed by atoms with van der Waals surface area (Å²) in [5, 5.41) is 13.7. The minimum Gasteiger partial charge on any atom is -0.456 e. The largest absolute Gasteiger partial charge is 0.456 e. The monoisotopic (exact) mass is 341 g/mol. The molecule has 0 spiro atoms. The van der Waals surface area contributed by atoms with Gasteiger partial charge in [0.15, 0.2) is 0 Å². The number of hydrogen-bond acceptors (Lipinski definition) is 3. The molecule has 3 aromatic carbocycles. The Bertz CT molecular complexity index is 1110. The van der Waals surface area contributed by atoms with E-state index in [-0.39, 0.29) is 5.70 Å². The van der Waals surface area contributed by atoms with Crippen LogP contribution in [0.3, 0.4) is 0 Å². The van der Waals surface area contributed by atoms with E-state index in [0.717, 1.165) is 16.3 Å². The fourth-order valence-corrected chi connectivity index (χ4v) is 3.00. The van der Waals surface area contributed by atoms with E-state index in [4.69, 9.17) is 4.42 Å². The highest BCUT2D eigenvalue weighted by atomic mass is 16.6. The Morgan fingerprint density at radius 1 is 0.846 bits per heavy atom. The predicted octanol–water partition coefficient (Wildman–Crippen LogP) is 5.87. The molecule has 0 amide bonds. The van der Waals surface area contributed by atoms with Gasteiger partial charge in [0.05, 0.1) is 16.6 Å². The van der Waals surface area contributed by atoms with E-state index < -0.39 is 4.92 Å². The summed E-state index contributed by atoms with van der Waals surface area (Å²) in [6.45, 7) is 0. The summed E-state index contributed by atoms with van der Waals surface area (Å²) in [5.41, 5.74) is 1.51. The fourth-order valence-electron chi connectivity index (χ4n) is 3.00. The summed E-state index contributed by atoms with van der Waals surface area (Å²) in [5.74, 6) is 1.13. The Hall–Kier alpha value is -3.66. The van der Waals surface area contributed by atoms with Crippen molar-refractivity contribution < 1.29 is 9.34 Å². The Morgan fingerprint density at radius 2 is 1.58 bits per heavy atom. The summed E-state index contributed by atoms with van der Waals surface area (Å²) in [7, 11) is 0. The van der Waals surface area contributed by atoms with E-state index >= 15 is 0 Å². The molecule has 4 rings (SSSR count). The van der Waals surface area contributed by atoms with Gasteiger partial charge in [-0.1, -0.05) is 60.7 Å². The molecular weight excluding hydrogens is 326 g/mol. The standard InChI is InChI=1S/C22H15NO3/c24-23(25)21(17-8-2-1-3-9-17)15-18-13-14-22(26-18)20-12-6-10-16-7-4-5-11-19(16)20/h1-15H/b21-15-. The summed E-state index contributed by atoms with van der Waals surface area (Å²) >= 11 is 0. The van der Waals surface area contributed by atoms with Gasteiger partial charge in [0.25, 0.3) is 5.70 Å². The summed E-state index contributed by atoms with van der Waals surface area (Å²) in [6.07, 6.45) is 1.46. The maximum absolute atomic E-state index is 11.5. The molecule has 4 nitrogen and oxygen atoms in total. The molecule has 0 aliphatic heterocycles. The van der Waals surface area contributed by atoms with E-state index in [1.807, 2.05) is 54.6 Å².